The van der Waals surface area contributed by atoms with Crippen molar-refractivity contribution in [2.75, 3.05) is 6.54 Å². The van der Waals surface area contributed by atoms with Gasteiger partial charge in [-0.05, 0) is 42.3 Å². The maximum atomic E-state index is 13.0. The fraction of sp³-hybridized carbons (Fsp3) is 0.167. The highest BCUT2D eigenvalue weighted by atomic mass is 35.5. The molecule has 0 bridgehead atoms. The van der Waals surface area contributed by atoms with Crippen LogP contribution in [0.1, 0.15) is 29.8 Å². The summed E-state index contributed by atoms with van der Waals surface area (Å²) in [4.78, 5) is 15.1. The van der Waals surface area contributed by atoms with Crippen molar-refractivity contribution in [2.24, 2.45) is 5.10 Å². The first kappa shape index (κ1) is 21.8. The first-order valence-electron chi connectivity index (χ1n) is 9.78. The molecule has 3 aromatic rings. The zero-order chi connectivity index (χ0) is 22.0. The third kappa shape index (κ3) is 4.94. The van der Waals surface area contributed by atoms with Gasteiger partial charge in [-0.15, -0.1) is 0 Å². The number of carbonyl (C=O) groups excluding carboxylic acids is 1. The van der Waals surface area contributed by atoms with Crippen LogP contribution in [0.4, 0.5) is 0 Å². The Hall–Kier alpha value is -2.37. The highest BCUT2D eigenvalue weighted by Gasteiger charge is 2.40. The second-order valence-corrected chi connectivity index (χ2v) is 8.64. The van der Waals surface area contributed by atoms with Crippen molar-refractivity contribution in [3.8, 4) is 0 Å². The minimum atomic E-state index is -0.445. The summed E-state index contributed by atoms with van der Waals surface area (Å²) in [6.45, 7) is 2.69. The van der Waals surface area contributed by atoms with E-state index in [9.17, 15) is 4.79 Å². The van der Waals surface area contributed by atoms with E-state index >= 15 is 0 Å². The third-order valence-electron chi connectivity index (χ3n) is 5.16. The molecule has 0 spiro atoms. The number of hydrogen-bond donors (Lipinski definition) is 0. The van der Waals surface area contributed by atoms with Crippen LogP contribution in [0, 0.1) is 0 Å². The van der Waals surface area contributed by atoms with Crippen LogP contribution >= 0.6 is 34.8 Å². The van der Waals surface area contributed by atoms with Crippen LogP contribution in [0.15, 0.2) is 77.9 Å². The Balaban J connectivity index is 1.73. The normalized spacial score (nSPS) is 17.4. The molecule has 0 saturated carbocycles. The molecule has 3 aromatic carbocycles. The van der Waals surface area contributed by atoms with Crippen molar-refractivity contribution in [3.63, 3.8) is 0 Å². The molecule has 1 fully saturated rings. The van der Waals surface area contributed by atoms with Crippen LogP contribution in [0.5, 0.6) is 0 Å². The van der Waals surface area contributed by atoms with E-state index in [2.05, 4.69) is 4.90 Å². The maximum Gasteiger partial charge on any atom is 0.258 e. The number of benzene rings is 3. The number of hydrogen-bond acceptors (Lipinski definition) is 3. The van der Waals surface area contributed by atoms with E-state index in [0.717, 1.165) is 16.7 Å². The molecule has 158 valence electrons. The molecule has 0 N–H and O–H groups in total. The van der Waals surface area contributed by atoms with Crippen molar-refractivity contribution >= 4 is 46.4 Å². The number of amides is 1. The molecule has 1 saturated heterocycles. The summed E-state index contributed by atoms with van der Waals surface area (Å²) >= 11 is 18.7. The number of hydrazone groups is 1. The van der Waals surface area contributed by atoms with Crippen molar-refractivity contribution in [1.29, 1.82) is 0 Å². The summed E-state index contributed by atoms with van der Waals surface area (Å²) < 4.78 is 0. The van der Waals surface area contributed by atoms with Gasteiger partial charge in [-0.2, -0.15) is 5.10 Å². The van der Waals surface area contributed by atoms with Crippen molar-refractivity contribution in [3.05, 3.63) is 105 Å². The van der Waals surface area contributed by atoms with Gasteiger partial charge in [0.1, 0.15) is 6.17 Å². The quantitative estimate of drug-likeness (QED) is 0.402. The molecular formula is C24H20Cl3N3O. The Labute approximate surface area is 196 Å². The van der Waals surface area contributed by atoms with Gasteiger partial charge in [0.2, 0.25) is 0 Å². The van der Waals surface area contributed by atoms with Gasteiger partial charge in [-0.3, -0.25) is 9.69 Å². The van der Waals surface area contributed by atoms with Gasteiger partial charge in [-0.1, -0.05) is 83.3 Å². The smallest absolute Gasteiger partial charge is 0.258 e. The minimum Gasteiger partial charge on any atom is -0.271 e. The monoisotopic (exact) mass is 471 g/mol. The standard InChI is InChI=1S/C24H20Cl3N3O/c1-16(18-7-9-19(25)10-8-18)28-30-23(31)15-29(14-17-5-3-2-4-6-17)24(30)21-12-11-20(26)13-22(21)27/h2-13,24H,14-15H2,1H3. The summed E-state index contributed by atoms with van der Waals surface area (Å²) in [7, 11) is 0. The molecular weight excluding hydrogens is 453 g/mol. The molecule has 31 heavy (non-hydrogen) atoms. The predicted octanol–water partition coefficient (Wildman–Crippen LogP) is 6.41. The highest BCUT2D eigenvalue weighted by molar-refractivity contribution is 6.35. The molecule has 0 aliphatic carbocycles. The van der Waals surface area contributed by atoms with E-state index in [4.69, 9.17) is 39.9 Å². The minimum absolute atomic E-state index is 0.0970. The Morgan fingerprint density at radius 3 is 2.32 bits per heavy atom. The number of halogens is 3. The summed E-state index contributed by atoms with van der Waals surface area (Å²) in [6.07, 6.45) is -0.445. The highest BCUT2D eigenvalue weighted by Crippen LogP contribution is 2.37. The van der Waals surface area contributed by atoms with Gasteiger partial charge >= 0.3 is 0 Å². The van der Waals surface area contributed by atoms with E-state index in [1.165, 1.54) is 5.01 Å². The SMILES string of the molecule is CC(=NN1C(=O)CN(Cc2ccccc2)C1c1ccc(Cl)cc1Cl)c1ccc(Cl)cc1. The van der Waals surface area contributed by atoms with E-state index in [-0.39, 0.29) is 12.5 Å². The van der Waals surface area contributed by atoms with Crippen LogP contribution in [-0.4, -0.2) is 28.1 Å². The molecule has 0 aromatic heterocycles. The lowest BCUT2D eigenvalue weighted by Crippen LogP contribution is -2.29. The lowest BCUT2D eigenvalue weighted by Gasteiger charge is -2.28. The molecule has 1 aliphatic heterocycles. The molecule has 1 amide bonds. The fourth-order valence-electron chi connectivity index (χ4n) is 3.64. The Bertz CT molecular complexity index is 1120. The fourth-order valence-corrected chi connectivity index (χ4v) is 4.28. The van der Waals surface area contributed by atoms with Crippen LogP contribution in [-0.2, 0) is 11.3 Å². The Morgan fingerprint density at radius 1 is 0.968 bits per heavy atom. The molecule has 0 radical (unpaired) electrons. The van der Waals surface area contributed by atoms with Crippen molar-refractivity contribution in [1.82, 2.24) is 9.91 Å². The molecule has 1 atom stereocenters. The molecule has 4 nitrogen and oxygen atoms in total. The topological polar surface area (TPSA) is 35.9 Å². The van der Waals surface area contributed by atoms with Gasteiger partial charge in [0.15, 0.2) is 0 Å². The molecule has 1 heterocycles. The van der Waals surface area contributed by atoms with Gasteiger partial charge in [0.25, 0.3) is 5.91 Å². The summed E-state index contributed by atoms with van der Waals surface area (Å²) in [5.74, 6) is -0.0970. The summed E-state index contributed by atoms with van der Waals surface area (Å²) in [5.41, 5.74) is 3.48. The second-order valence-electron chi connectivity index (χ2n) is 7.36. The maximum absolute atomic E-state index is 13.0. The number of carbonyl (C=O) groups is 1. The van der Waals surface area contributed by atoms with Gasteiger partial charge in [0, 0.05) is 27.2 Å². The van der Waals surface area contributed by atoms with Crippen LogP contribution < -0.4 is 0 Å². The third-order valence-corrected chi connectivity index (χ3v) is 5.97. The predicted molar refractivity (Wildman–Crippen MR) is 127 cm³/mol. The molecule has 4 rings (SSSR count). The van der Waals surface area contributed by atoms with Gasteiger partial charge in [0.05, 0.1) is 12.3 Å². The number of rotatable bonds is 5. The lowest BCUT2D eigenvalue weighted by molar-refractivity contribution is -0.128. The summed E-state index contributed by atoms with van der Waals surface area (Å²) in [5, 5.41) is 7.89. The van der Waals surface area contributed by atoms with Crippen LogP contribution in [0.2, 0.25) is 15.1 Å². The van der Waals surface area contributed by atoms with E-state index in [1.54, 1.807) is 24.3 Å². The first-order chi connectivity index (χ1) is 14.9. The number of nitrogens with zero attached hydrogens (tertiary/aromatic N) is 3. The Morgan fingerprint density at radius 2 is 1.65 bits per heavy atom. The lowest BCUT2D eigenvalue weighted by atomic mass is 10.1. The average Bonchev–Trinajstić information content (AvgIpc) is 3.04. The Kier molecular flexibility index (Phi) is 6.63. The summed E-state index contributed by atoms with van der Waals surface area (Å²) in [6, 6.07) is 22.7. The van der Waals surface area contributed by atoms with Crippen molar-refractivity contribution in [2.45, 2.75) is 19.6 Å². The van der Waals surface area contributed by atoms with E-state index in [1.807, 2.05) is 55.5 Å². The zero-order valence-electron chi connectivity index (χ0n) is 16.8. The largest absolute Gasteiger partial charge is 0.271 e. The average molecular weight is 473 g/mol. The van der Waals surface area contributed by atoms with E-state index < -0.39 is 6.17 Å². The van der Waals surface area contributed by atoms with Crippen molar-refractivity contribution < 1.29 is 4.79 Å². The molecule has 7 heteroatoms. The first-order valence-corrected chi connectivity index (χ1v) is 10.9. The van der Waals surface area contributed by atoms with Gasteiger partial charge in [-0.25, -0.2) is 5.01 Å². The zero-order valence-corrected chi connectivity index (χ0v) is 19.1. The molecule has 1 aliphatic rings. The molecule has 1 unspecified atom stereocenters. The van der Waals surface area contributed by atoms with Gasteiger partial charge < -0.3 is 0 Å². The van der Waals surface area contributed by atoms with Crippen LogP contribution in [0.3, 0.4) is 0 Å². The van der Waals surface area contributed by atoms with Crippen LogP contribution in [0.25, 0.3) is 0 Å². The second kappa shape index (κ2) is 9.41. The van der Waals surface area contributed by atoms with E-state index in [0.29, 0.717) is 27.3 Å².